The van der Waals surface area contributed by atoms with Crippen molar-refractivity contribution in [3.05, 3.63) is 0 Å². The molecule has 0 saturated carbocycles. The summed E-state index contributed by atoms with van der Waals surface area (Å²) in [5.41, 5.74) is -4.41. The quantitative estimate of drug-likeness (QED) is 0.205. The lowest BCUT2D eigenvalue weighted by molar-refractivity contribution is -0.320. The van der Waals surface area contributed by atoms with E-state index in [2.05, 4.69) is 10.2 Å². The molecule has 4 rings (SSSR count). The molecule has 0 aliphatic carbocycles. The molecule has 0 spiro atoms. The highest BCUT2D eigenvalue weighted by atomic mass is 16.7. The van der Waals surface area contributed by atoms with Crippen molar-refractivity contribution in [2.24, 2.45) is 17.8 Å². The SMILES string of the molecule is CC[C@H]1OC(=O)[C@H](C)[C@@H](O[C@H]2C[C@@](C)(OC)[C@@H](OC(=O)CCN3CCN(C(C)=O)CC3)[C@H](C)O2)[C@H](C)[C@@H](O[C@@H]2O[C@H](C)C[C@H](N(C)C)[C@H]2O)[C@](C)(OC)C[C@@H](C)C(=O)N[C@H](C)[C@@H](O)[C@]1(C)O. The molecule has 19 nitrogen and oxygen atoms in total. The van der Waals surface area contributed by atoms with Gasteiger partial charge in [0.2, 0.25) is 11.8 Å². The smallest absolute Gasteiger partial charge is 0.311 e. The van der Waals surface area contributed by atoms with Gasteiger partial charge < -0.3 is 68.3 Å². The molecule has 4 N–H and O–H groups in total. The zero-order chi connectivity index (χ0) is 49.6. The summed E-state index contributed by atoms with van der Waals surface area (Å²) < 4.78 is 51.2. The van der Waals surface area contributed by atoms with Gasteiger partial charge in [-0.25, -0.2) is 0 Å². The summed E-state index contributed by atoms with van der Waals surface area (Å²) >= 11 is 0. The zero-order valence-corrected chi connectivity index (χ0v) is 42.3. The van der Waals surface area contributed by atoms with E-state index >= 15 is 0 Å². The van der Waals surface area contributed by atoms with Gasteiger partial charge in [0.25, 0.3) is 0 Å². The summed E-state index contributed by atoms with van der Waals surface area (Å²) in [5.74, 6) is -4.18. The minimum absolute atomic E-state index is 0.0289. The van der Waals surface area contributed by atoms with Gasteiger partial charge in [-0.05, 0) is 81.8 Å². The highest BCUT2D eigenvalue weighted by Gasteiger charge is 2.54. The number of piperazine rings is 1. The Bertz CT molecular complexity index is 1620. The molecule has 4 aliphatic rings. The number of carbonyl (C=O) groups is 4. The number of cyclic esters (lactones) is 1. The third kappa shape index (κ3) is 13.2. The van der Waals surface area contributed by atoms with Crippen LogP contribution in [0, 0.1) is 17.8 Å². The van der Waals surface area contributed by atoms with Crippen LogP contribution in [0.15, 0.2) is 0 Å². The predicted molar refractivity (Wildman–Crippen MR) is 242 cm³/mol. The molecule has 19 heteroatoms. The maximum Gasteiger partial charge on any atom is 0.311 e. The minimum Gasteiger partial charge on any atom is -0.459 e. The number of hydrogen-bond acceptors (Lipinski definition) is 17. The van der Waals surface area contributed by atoms with Crippen molar-refractivity contribution >= 4 is 23.8 Å². The molecule has 4 saturated heterocycles. The molecule has 0 unspecified atom stereocenters. The summed E-state index contributed by atoms with van der Waals surface area (Å²) in [6, 6.07) is -1.27. The lowest BCUT2D eigenvalue weighted by atomic mass is 9.77. The largest absolute Gasteiger partial charge is 0.459 e. The molecule has 0 radical (unpaired) electrons. The van der Waals surface area contributed by atoms with Crippen LogP contribution >= 0.6 is 0 Å². The molecule has 18 atom stereocenters. The fraction of sp³-hybridized carbons (Fsp3) is 0.915. The Morgan fingerprint density at radius 2 is 1.50 bits per heavy atom. The molecule has 66 heavy (non-hydrogen) atoms. The first-order valence-corrected chi connectivity index (χ1v) is 23.9. The van der Waals surface area contributed by atoms with Gasteiger partial charge in [-0.3, -0.25) is 24.1 Å². The zero-order valence-electron chi connectivity index (χ0n) is 42.3. The van der Waals surface area contributed by atoms with E-state index in [-0.39, 0.29) is 43.7 Å². The van der Waals surface area contributed by atoms with Gasteiger partial charge in [-0.2, -0.15) is 0 Å². The van der Waals surface area contributed by atoms with Crippen molar-refractivity contribution in [1.82, 2.24) is 20.0 Å². The first-order valence-electron chi connectivity index (χ1n) is 23.9. The van der Waals surface area contributed by atoms with E-state index in [1.54, 1.807) is 53.4 Å². The van der Waals surface area contributed by atoms with Crippen LogP contribution in [0.2, 0.25) is 0 Å². The van der Waals surface area contributed by atoms with Gasteiger partial charge in [0.15, 0.2) is 18.7 Å². The standard InChI is InChI=1S/C47H84N4O15/c1-16-34-47(11,58)39(55)30(6)48-42(56)26(2)24-45(9,59-14)40(66-44-37(54)33(49(12)13)23-27(3)61-44)28(4)38(29(5)43(57)63-34)65-36-25-46(10,60-15)41(31(7)62-36)64-35(53)17-18-50-19-21-51(22-20-50)32(8)52/h26-31,33-34,36-41,44,54-55,58H,16-25H2,1-15H3,(H,48,56)/t26-,27-,28+,29-,30-,31+,33+,34-,36+,37-,38+,39-,40-,41+,44+,45-,46-,47-/m1/s1. The van der Waals surface area contributed by atoms with E-state index in [1.807, 2.05) is 39.8 Å². The summed E-state index contributed by atoms with van der Waals surface area (Å²) in [5, 5.41) is 37.8. The van der Waals surface area contributed by atoms with Gasteiger partial charge in [0.1, 0.15) is 29.5 Å². The number of nitrogens with one attached hydrogen (secondary N) is 1. The van der Waals surface area contributed by atoms with Crippen LogP contribution < -0.4 is 5.32 Å². The van der Waals surface area contributed by atoms with Gasteiger partial charge >= 0.3 is 11.9 Å². The van der Waals surface area contributed by atoms with Crippen LogP contribution in [0.3, 0.4) is 0 Å². The lowest BCUT2D eigenvalue weighted by Gasteiger charge is -2.49. The molecule has 2 amide bonds. The Labute approximate surface area is 392 Å². The number of aliphatic hydroxyl groups is 3. The molecular weight excluding hydrogens is 861 g/mol. The molecule has 4 heterocycles. The second-order valence-corrected chi connectivity index (χ2v) is 20.3. The number of likely N-dealkylation sites (N-methyl/N-ethyl adjacent to an activating group) is 1. The summed E-state index contributed by atoms with van der Waals surface area (Å²) in [6.07, 6.45) is -9.11. The second kappa shape index (κ2) is 23.4. The topological polar surface area (TPSA) is 225 Å². The molecule has 0 aromatic carbocycles. The van der Waals surface area contributed by atoms with Gasteiger partial charge in [0, 0.05) is 78.2 Å². The molecular formula is C47H84N4O15. The van der Waals surface area contributed by atoms with Crippen molar-refractivity contribution < 1.29 is 72.4 Å². The molecule has 382 valence electrons. The third-order valence-electron chi connectivity index (χ3n) is 14.8. The van der Waals surface area contributed by atoms with Crippen molar-refractivity contribution in [3.63, 3.8) is 0 Å². The number of amides is 2. The van der Waals surface area contributed by atoms with Crippen molar-refractivity contribution in [2.75, 3.05) is 61.0 Å². The first kappa shape index (κ1) is 56.0. The average molecular weight is 945 g/mol. The lowest BCUT2D eigenvalue weighted by Crippen LogP contribution is -2.61. The number of esters is 2. The van der Waals surface area contributed by atoms with Gasteiger partial charge in [-0.1, -0.05) is 20.8 Å². The van der Waals surface area contributed by atoms with Crippen LogP contribution in [0.5, 0.6) is 0 Å². The highest BCUT2D eigenvalue weighted by molar-refractivity contribution is 5.79. The molecule has 4 fully saturated rings. The monoisotopic (exact) mass is 945 g/mol. The number of rotatable bonds is 12. The van der Waals surface area contributed by atoms with Crippen molar-refractivity contribution in [2.45, 2.75) is 199 Å². The van der Waals surface area contributed by atoms with Crippen LogP contribution in [-0.2, 0) is 57.1 Å². The number of nitrogens with zero attached hydrogens (tertiary/aromatic N) is 3. The fourth-order valence-electron chi connectivity index (χ4n) is 10.4. The van der Waals surface area contributed by atoms with Crippen LogP contribution in [0.25, 0.3) is 0 Å². The van der Waals surface area contributed by atoms with E-state index < -0.39 is 114 Å². The first-order chi connectivity index (χ1) is 30.7. The average Bonchev–Trinajstić information content (AvgIpc) is 3.26. The Hall–Kier alpha value is -2.56. The molecule has 0 aromatic heterocycles. The number of carbonyl (C=O) groups excluding carboxylic acids is 4. The summed E-state index contributed by atoms with van der Waals surface area (Å²) in [7, 11) is 6.76. The van der Waals surface area contributed by atoms with Crippen molar-refractivity contribution in [1.29, 1.82) is 0 Å². The molecule has 4 aliphatic heterocycles. The van der Waals surface area contributed by atoms with E-state index in [0.717, 1.165) is 0 Å². The number of methoxy groups -OCH3 is 2. The number of aliphatic hydroxyl groups excluding tert-OH is 2. The van der Waals surface area contributed by atoms with E-state index in [4.69, 9.17) is 37.9 Å². The van der Waals surface area contributed by atoms with E-state index in [0.29, 0.717) is 39.1 Å². The van der Waals surface area contributed by atoms with E-state index in [9.17, 15) is 34.5 Å². The number of ether oxygens (including phenoxy) is 8. The summed E-state index contributed by atoms with van der Waals surface area (Å²) in [4.78, 5) is 59.4. The maximum absolute atomic E-state index is 14.5. The Morgan fingerprint density at radius 1 is 0.894 bits per heavy atom. The Balaban J connectivity index is 1.72. The molecule has 0 aromatic rings. The third-order valence-corrected chi connectivity index (χ3v) is 14.8. The Kier molecular flexibility index (Phi) is 19.8. The van der Waals surface area contributed by atoms with Crippen molar-refractivity contribution in [3.8, 4) is 0 Å². The molecule has 0 bridgehead atoms. The van der Waals surface area contributed by atoms with Gasteiger partial charge in [0.05, 0.1) is 48.4 Å². The predicted octanol–water partition coefficient (Wildman–Crippen LogP) is 1.84. The highest BCUT2D eigenvalue weighted by Crippen LogP contribution is 2.41. The number of hydrogen-bond donors (Lipinski definition) is 4. The van der Waals surface area contributed by atoms with Crippen LogP contribution in [0.1, 0.15) is 108 Å². The van der Waals surface area contributed by atoms with E-state index in [1.165, 1.54) is 21.1 Å². The fourth-order valence-corrected chi connectivity index (χ4v) is 10.4. The Morgan fingerprint density at radius 3 is 2.06 bits per heavy atom. The summed E-state index contributed by atoms with van der Waals surface area (Å²) in [6.45, 7) is 21.6. The van der Waals surface area contributed by atoms with Crippen LogP contribution in [0.4, 0.5) is 0 Å². The maximum atomic E-state index is 14.5. The van der Waals surface area contributed by atoms with Gasteiger partial charge in [-0.15, -0.1) is 0 Å². The normalized spacial score (nSPS) is 42.8. The van der Waals surface area contributed by atoms with Crippen LogP contribution in [-0.4, -0.2) is 205 Å². The second-order valence-electron chi connectivity index (χ2n) is 20.3. The minimum atomic E-state index is -1.98.